The Morgan fingerprint density at radius 2 is 2.00 bits per heavy atom. The minimum absolute atomic E-state index is 0.0546. The summed E-state index contributed by atoms with van der Waals surface area (Å²) in [6.45, 7) is 2.97. The maximum Gasteiger partial charge on any atom is 0.257 e. The van der Waals surface area contributed by atoms with Crippen LogP contribution >= 0.6 is 0 Å². The summed E-state index contributed by atoms with van der Waals surface area (Å²) in [5.41, 5.74) is 0. The molecule has 0 saturated heterocycles. The molecule has 0 amide bonds. The van der Waals surface area contributed by atoms with Gasteiger partial charge in [-0.2, -0.15) is 0 Å². The van der Waals surface area contributed by atoms with Crippen molar-refractivity contribution in [3.8, 4) is 0 Å². The van der Waals surface area contributed by atoms with E-state index in [4.69, 9.17) is 5.14 Å². The number of hydrogen-bond donors (Lipinski definition) is 1. The van der Waals surface area contributed by atoms with E-state index in [1.54, 1.807) is 4.57 Å². The number of sulfonamides is 1. The van der Waals surface area contributed by atoms with Gasteiger partial charge in [0, 0.05) is 12.7 Å². The van der Waals surface area contributed by atoms with Crippen molar-refractivity contribution in [2.24, 2.45) is 5.14 Å². The van der Waals surface area contributed by atoms with Crippen LogP contribution in [-0.4, -0.2) is 18.0 Å². The second kappa shape index (κ2) is 6.00. The lowest BCUT2D eigenvalue weighted by Gasteiger charge is -2.01. The molecule has 0 aliphatic heterocycles. The Morgan fingerprint density at radius 3 is 2.56 bits per heavy atom. The van der Waals surface area contributed by atoms with Crippen LogP contribution in [0.3, 0.4) is 0 Å². The molecule has 2 N–H and O–H groups in total. The number of rotatable bonds is 7. The minimum atomic E-state index is -3.65. The molecule has 0 aliphatic rings. The van der Waals surface area contributed by atoms with Gasteiger partial charge in [-0.25, -0.2) is 18.5 Å². The number of aryl methyl sites for hydroxylation is 1. The van der Waals surface area contributed by atoms with Gasteiger partial charge in [0.1, 0.15) is 0 Å². The van der Waals surface area contributed by atoms with Crippen LogP contribution in [0.25, 0.3) is 0 Å². The zero-order valence-corrected chi connectivity index (χ0v) is 10.4. The SMILES string of the molecule is CCCCCCCn1cnc(S(N)(=O)=O)c1. The molecule has 0 spiro atoms. The van der Waals surface area contributed by atoms with E-state index in [-0.39, 0.29) is 5.03 Å². The van der Waals surface area contributed by atoms with E-state index in [0.29, 0.717) is 0 Å². The van der Waals surface area contributed by atoms with E-state index in [0.717, 1.165) is 19.4 Å². The molecule has 6 heteroatoms. The van der Waals surface area contributed by atoms with Gasteiger partial charge in [0.15, 0.2) is 5.03 Å². The summed E-state index contributed by atoms with van der Waals surface area (Å²) < 4.78 is 23.7. The average molecular weight is 245 g/mol. The van der Waals surface area contributed by atoms with Crippen LogP contribution in [0.2, 0.25) is 0 Å². The number of unbranched alkanes of at least 4 members (excludes halogenated alkanes) is 4. The van der Waals surface area contributed by atoms with Crippen LogP contribution in [0.15, 0.2) is 17.6 Å². The first-order valence-electron chi connectivity index (χ1n) is 5.58. The van der Waals surface area contributed by atoms with Crippen molar-refractivity contribution in [1.29, 1.82) is 0 Å². The second-order valence-corrected chi connectivity index (χ2v) is 5.42. The van der Waals surface area contributed by atoms with Crippen molar-refractivity contribution in [1.82, 2.24) is 9.55 Å². The van der Waals surface area contributed by atoms with Gasteiger partial charge < -0.3 is 4.57 Å². The zero-order valence-electron chi connectivity index (χ0n) is 9.59. The number of hydrogen-bond acceptors (Lipinski definition) is 3. The van der Waals surface area contributed by atoms with E-state index < -0.39 is 10.0 Å². The third-order valence-corrected chi connectivity index (χ3v) is 3.21. The fraction of sp³-hybridized carbons (Fsp3) is 0.700. The smallest absolute Gasteiger partial charge is 0.257 e. The van der Waals surface area contributed by atoms with Gasteiger partial charge in [0.05, 0.1) is 6.33 Å². The topological polar surface area (TPSA) is 78.0 Å². The quantitative estimate of drug-likeness (QED) is 0.739. The highest BCUT2D eigenvalue weighted by Gasteiger charge is 2.10. The first-order valence-corrected chi connectivity index (χ1v) is 7.13. The summed E-state index contributed by atoms with van der Waals surface area (Å²) in [7, 11) is -3.65. The van der Waals surface area contributed by atoms with Crippen molar-refractivity contribution in [2.75, 3.05) is 0 Å². The van der Waals surface area contributed by atoms with Crippen molar-refractivity contribution < 1.29 is 8.42 Å². The van der Waals surface area contributed by atoms with Gasteiger partial charge >= 0.3 is 0 Å². The maximum absolute atomic E-state index is 11.0. The predicted octanol–water partition coefficient (Wildman–Crippen LogP) is 1.50. The Bertz CT molecular complexity index is 411. The summed E-state index contributed by atoms with van der Waals surface area (Å²) in [6, 6.07) is 0. The summed E-state index contributed by atoms with van der Waals surface area (Å²) >= 11 is 0. The lowest BCUT2D eigenvalue weighted by atomic mass is 10.1. The summed E-state index contributed by atoms with van der Waals surface area (Å²) in [5.74, 6) is 0. The minimum Gasteiger partial charge on any atom is -0.336 e. The van der Waals surface area contributed by atoms with Crippen LogP contribution in [0.1, 0.15) is 39.0 Å². The molecule has 0 atom stereocenters. The van der Waals surface area contributed by atoms with Gasteiger partial charge in [-0.3, -0.25) is 0 Å². The second-order valence-electron chi connectivity index (χ2n) is 3.91. The normalized spacial score (nSPS) is 11.9. The highest BCUT2D eigenvalue weighted by Crippen LogP contribution is 2.06. The standard InChI is InChI=1S/C10H19N3O2S/c1-2-3-4-5-6-7-13-8-10(12-9-13)16(11,14)15/h8-9H,2-7H2,1H3,(H2,11,14,15). The van der Waals surface area contributed by atoms with Crippen LogP contribution in [0.4, 0.5) is 0 Å². The third kappa shape index (κ3) is 4.32. The largest absolute Gasteiger partial charge is 0.336 e. The molecule has 0 aromatic carbocycles. The van der Waals surface area contributed by atoms with Crippen LogP contribution < -0.4 is 5.14 Å². The molecule has 0 aliphatic carbocycles. The van der Waals surface area contributed by atoms with Crippen LogP contribution in [-0.2, 0) is 16.6 Å². The van der Waals surface area contributed by atoms with E-state index in [1.807, 2.05) is 0 Å². The fourth-order valence-electron chi connectivity index (χ4n) is 1.51. The molecule has 0 bridgehead atoms. The molecular formula is C10H19N3O2S. The van der Waals surface area contributed by atoms with Gasteiger partial charge in [-0.1, -0.05) is 32.6 Å². The molecule has 5 nitrogen and oxygen atoms in total. The number of imidazole rings is 1. The molecular weight excluding hydrogens is 226 g/mol. The van der Waals surface area contributed by atoms with Gasteiger partial charge in [-0.15, -0.1) is 0 Å². The molecule has 0 fully saturated rings. The molecule has 16 heavy (non-hydrogen) atoms. The molecule has 0 saturated carbocycles. The van der Waals surface area contributed by atoms with Crippen LogP contribution in [0.5, 0.6) is 0 Å². The van der Waals surface area contributed by atoms with E-state index in [1.165, 1.54) is 31.8 Å². The molecule has 0 radical (unpaired) electrons. The van der Waals surface area contributed by atoms with Gasteiger partial charge in [0.25, 0.3) is 10.0 Å². The van der Waals surface area contributed by atoms with E-state index >= 15 is 0 Å². The zero-order chi connectivity index (χ0) is 12.0. The Labute approximate surface area is 96.7 Å². The number of nitrogens with zero attached hydrogens (tertiary/aromatic N) is 2. The average Bonchev–Trinajstić information content (AvgIpc) is 2.65. The molecule has 1 aromatic rings. The van der Waals surface area contributed by atoms with Crippen molar-refractivity contribution in [3.05, 3.63) is 12.5 Å². The van der Waals surface area contributed by atoms with Gasteiger partial charge in [0.2, 0.25) is 0 Å². The fourth-order valence-corrected chi connectivity index (χ4v) is 1.98. The van der Waals surface area contributed by atoms with E-state index in [2.05, 4.69) is 11.9 Å². The highest BCUT2D eigenvalue weighted by atomic mass is 32.2. The van der Waals surface area contributed by atoms with Crippen LogP contribution in [0, 0.1) is 0 Å². The Hall–Kier alpha value is -0.880. The molecule has 1 rings (SSSR count). The number of primary sulfonamides is 1. The lowest BCUT2D eigenvalue weighted by molar-refractivity contribution is 0.567. The van der Waals surface area contributed by atoms with E-state index in [9.17, 15) is 8.42 Å². The Morgan fingerprint density at radius 1 is 1.31 bits per heavy atom. The van der Waals surface area contributed by atoms with Crippen molar-refractivity contribution >= 4 is 10.0 Å². The Balaban J connectivity index is 2.36. The van der Waals surface area contributed by atoms with Gasteiger partial charge in [-0.05, 0) is 6.42 Å². The third-order valence-electron chi connectivity index (χ3n) is 2.42. The summed E-state index contributed by atoms with van der Waals surface area (Å²) in [5, 5.41) is 4.91. The molecule has 1 aromatic heterocycles. The maximum atomic E-state index is 11.0. The lowest BCUT2D eigenvalue weighted by Crippen LogP contribution is -2.12. The predicted molar refractivity (Wildman–Crippen MR) is 62.4 cm³/mol. The summed E-state index contributed by atoms with van der Waals surface area (Å²) in [4.78, 5) is 3.75. The highest BCUT2D eigenvalue weighted by molar-refractivity contribution is 7.89. The molecule has 92 valence electrons. The monoisotopic (exact) mass is 245 g/mol. The molecule has 0 unspecified atom stereocenters. The molecule has 1 heterocycles. The number of nitrogens with two attached hydrogens (primary N) is 1. The first kappa shape index (κ1) is 13.2. The summed E-state index contributed by atoms with van der Waals surface area (Å²) in [6.07, 6.45) is 8.91. The van der Waals surface area contributed by atoms with Crippen molar-refractivity contribution in [3.63, 3.8) is 0 Å². The first-order chi connectivity index (χ1) is 7.54. The van der Waals surface area contributed by atoms with Crippen molar-refractivity contribution in [2.45, 2.75) is 50.6 Å². The number of aromatic nitrogens is 2. The Kier molecular flexibility index (Phi) is 4.95.